The van der Waals surface area contributed by atoms with E-state index >= 15 is 0 Å². The summed E-state index contributed by atoms with van der Waals surface area (Å²) in [5, 5.41) is 10.4. The number of rotatable bonds is 8. The predicted octanol–water partition coefficient (Wildman–Crippen LogP) is -1.53. The molecule has 1 aliphatic heterocycles. The second kappa shape index (κ2) is 8.92. The predicted molar refractivity (Wildman–Crippen MR) is 97.2 cm³/mol. The van der Waals surface area contributed by atoms with Gasteiger partial charge in [-0.05, 0) is 13.8 Å². The van der Waals surface area contributed by atoms with E-state index in [-0.39, 0.29) is 5.82 Å². The lowest BCUT2D eigenvalue weighted by atomic mass is 10.0. The maximum absolute atomic E-state index is 12.1. The molecule has 1 saturated heterocycles. The fourth-order valence-corrected chi connectivity index (χ4v) is 5.82. The lowest BCUT2D eigenvalue weighted by Gasteiger charge is -2.30. The molecule has 16 nitrogen and oxygen atoms in total. The first-order valence-electron chi connectivity index (χ1n) is 7.97. The highest BCUT2D eigenvalue weighted by atomic mass is 35.5. The molecule has 1 fully saturated rings. The highest BCUT2D eigenvalue weighted by molar-refractivity contribution is 7.66. The van der Waals surface area contributed by atoms with Crippen LogP contribution in [0.5, 0.6) is 0 Å². The molecule has 0 saturated carbocycles. The summed E-state index contributed by atoms with van der Waals surface area (Å²) < 4.78 is 51.1. The summed E-state index contributed by atoms with van der Waals surface area (Å²) in [6.45, 7) is 1.83. The van der Waals surface area contributed by atoms with Gasteiger partial charge in [-0.25, -0.2) is 13.9 Å². The van der Waals surface area contributed by atoms with Gasteiger partial charge in [0.25, 0.3) is 0 Å². The van der Waals surface area contributed by atoms with Crippen LogP contribution in [0.25, 0.3) is 0 Å². The zero-order chi connectivity index (χ0) is 24.0. The number of aliphatic hydroxyl groups is 1. The second-order valence-electron chi connectivity index (χ2n) is 6.47. The van der Waals surface area contributed by atoms with Gasteiger partial charge < -0.3 is 39.7 Å². The molecule has 2 rings (SSSR count). The molecule has 0 aromatic carbocycles. The van der Waals surface area contributed by atoms with E-state index in [2.05, 4.69) is 18.1 Å². The SMILES string of the molecule is Cc1cn([C@@H]2O[C@H](COP(=O)(O)OP(=O)(O)OP(=O)([O-])[O-])[C@@H](O)[C@@]2(C)Cl)c(=O)nc1N. The van der Waals surface area contributed by atoms with E-state index in [4.69, 9.17) is 27.0 Å². The number of nitrogens with zero attached hydrogens (tertiary/aromatic N) is 2. The third kappa shape index (κ3) is 6.65. The fraction of sp³-hybridized carbons (Fsp3) is 0.636. The molecule has 0 aliphatic carbocycles. The van der Waals surface area contributed by atoms with Crippen molar-refractivity contribution < 1.29 is 56.3 Å². The molecular weight excluding hydrogens is 511 g/mol. The Bertz CT molecular complexity index is 1040. The number of aryl methyl sites for hydroxylation is 1. The topological polar surface area (TPSA) is 256 Å². The number of halogens is 1. The first kappa shape index (κ1) is 26.6. The Labute approximate surface area is 179 Å². The third-order valence-electron chi connectivity index (χ3n) is 3.95. The minimum atomic E-state index is -6.05. The van der Waals surface area contributed by atoms with Crippen LogP contribution in [0.3, 0.4) is 0 Å². The van der Waals surface area contributed by atoms with Crippen LogP contribution >= 0.6 is 35.1 Å². The molecule has 1 aliphatic rings. The number of nitrogens with two attached hydrogens (primary N) is 1. The largest absolute Gasteiger partial charge is 0.789 e. The highest BCUT2D eigenvalue weighted by Crippen LogP contribution is 2.64. The van der Waals surface area contributed by atoms with Gasteiger partial charge in [0.2, 0.25) is 0 Å². The van der Waals surface area contributed by atoms with Crippen molar-refractivity contribution in [1.29, 1.82) is 0 Å². The van der Waals surface area contributed by atoms with Crippen molar-refractivity contribution in [3.63, 3.8) is 0 Å². The van der Waals surface area contributed by atoms with Gasteiger partial charge in [-0.15, -0.1) is 11.6 Å². The molecular formula is C11H17ClN3O13P3-2. The average molecular weight is 528 g/mol. The Hall–Kier alpha value is -0.700. The molecule has 6 atom stereocenters. The monoisotopic (exact) mass is 527 g/mol. The van der Waals surface area contributed by atoms with Gasteiger partial charge in [-0.1, -0.05) is 0 Å². The van der Waals surface area contributed by atoms with Crippen molar-refractivity contribution in [3.8, 4) is 0 Å². The van der Waals surface area contributed by atoms with Crippen LogP contribution in [-0.2, 0) is 31.6 Å². The van der Waals surface area contributed by atoms with Crippen molar-refractivity contribution in [2.24, 2.45) is 0 Å². The summed E-state index contributed by atoms with van der Waals surface area (Å²) >= 11 is 6.29. The summed E-state index contributed by atoms with van der Waals surface area (Å²) in [6.07, 6.45) is -3.19. The highest BCUT2D eigenvalue weighted by Gasteiger charge is 2.54. The standard InChI is InChI=1S/C11H19ClN3O13P3/c1-5-3-15(10(17)14-8(5)13)9-11(2,12)7(16)6(26-9)4-25-30(21,22)28-31(23,24)27-29(18,19)20/h3,6-7,9,16H,4H2,1-2H3,(H,21,22)(H,23,24)(H2,13,14,17)(H2,18,19,20)/p-2/t6-,7-,9-,11-/m1/s1. The van der Waals surface area contributed by atoms with Gasteiger partial charge >= 0.3 is 21.3 Å². The molecule has 0 bridgehead atoms. The smallest absolute Gasteiger partial charge is 0.484 e. The number of nitrogen functional groups attached to an aromatic ring is 1. The molecule has 5 N–H and O–H groups in total. The van der Waals surface area contributed by atoms with Gasteiger partial charge in [-0.2, -0.15) is 9.29 Å². The number of phosphoric ester groups is 1. The normalized spacial score (nSPS) is 30.6. The molecule has 1 aromatic heterocycles. The number of aliphatic hydroxyl groups excluding tert-OH is 1. The molecule has 0 amide bonds. The number of aromatic nitrogens is 2. The van der Waals surface area contributed by atoms with Crippen LogP contribution in [0.15, 0.2) is 11.0 Å². The number of hydrogen-bond donors (Lipinski definition) is 4. The van der Waals surface area contributed by atoms with E-state index in [1.807, 2.05) is 0 Å². The molecule has 0 spiro atoms. The Balaban J connectivity index is 2.16. The maximum Gasteiger partial charge on any atom is 0.484 e. The quantitative estimate of drug-likeness (QED) is 0.221. The Morgan fingerprint density at radius 3 is 2.45 bits per heavy atom. The Morgan fingerprint density at radius 1 is 1.32 bits per heavy atom. The van der Waals surface area contributed by atoms with E-state index in [9.17, 15) is 38.3 Å². The van der Waals surface area contributed by atoms with Crippen LogP contribution < -0.4 is 21.2 Å². The number of anilines is 1. The Kier molecular flexibility index (Phi) is 7.64. The maximum atomic E-state index is 12.1. The minimum absolute atomic E-state index is 0.0503. The van der Waals surface area contributed by atoms with Crippen LogP contribution in [-0.4, -0.2) is 48.1 Å². The van der Waals surface area contributed by atoms with Gasteiger partial charge in [0.15, 0.2) is 6.23 Å². The zero-order valence-electron chi connectivity index (χ0n) is 15.6. The van der Waals surface area contributed by atoms with E-state index in [0.29, 0.717) is 5.56 Å². The van der Waals surface area contributed by atoms with Crippen molar-refractivity contribution in [1.82, 2.24) is 9.55 Å². The average Bonchev–Trinajstić information content (AvgIpc) is 2.76. The first-order valence-corrected chi connectivity index (χ1v) is 12.8. The van der Waals surface area contributed by atoms with Gasteiger partial charge in [0.05, 0.1) is 14.4 Å². The summed E-state index contributed by atoms with van der Waals surface area (Å²) in [5.74, 6) is -0.0503. The number of ether oxygens (including phenoxy) is 1. The summed E-state index contributed by atoms with van der Waals surface area (Å²) in [7, 11) is -17.4. The fourth-order valence-electron chi connectivity index (χ4n) is 2.56. The van der Waals surface area contributed by atoms with E-state index < -0.39 is 59.1 Å². The Morgan fingerprint density at radius 2 is 1.90 bits per heavy atom. The molecule has 1 aromatic rings. The molecule has 2 heterocycles. The molecule has 31 heavy (non-hydrogen) atoms. The van der Waals surface area contributed by atoms with E-state index in [0.717, 1.165) is 4.57 Å². The van der Waals surface area contributed by atoms with Crippen molar-refractivity contribution in [2.75, 3.05) is 12.3 Å². The second-order valence-corrected chi connectivity index (χ2v) is 11.6. The van der Waals surface area contributed by atoms with Gasteiger partial charge in [0.1, 0.15) is 22.9 Å². The molecule has 0 radical (unpaired) electrons. The third-order valence-corrected chi connectivity index (χ3v) is 8.12. The lowest BCUT2D eigenvalue weighted by Crippen LogP contribution is -2.42. The minimum Gasteiger partial charge on any atom is -0.789 e. The van der Waals surface area contributed by atoms with Gasteiger partial charge in [0, 0.05) is 11.8 Å². The van der Waals surface area contributed by atoms with Crippen molar-refractivity contribution >= 4 is 40.9 Å². The summed E-state index contributed by atoms with van der Waals surface area (Å²) in [5.41, 5.74) is 5.05. The van der Waals surface area contributed by atoms with E-state index in [1.165, 1.54) is 20.0 Å². The van der Waals surface area contributed by atoms with E-state index in [1.54, 1.807) is 0 Å². The molecule has 178 valence electrons. The molecule has 20 heteroatoms. The lowest BCUT2D eigenvalue weighted by molar-refractivity contribution is -0.334. The van der Waals surface area contributed by atoms with Crippen molar-refractivity contribution in [3.05, 3.63) is 22.2 Å². The van der Waals surface area contributed by atoms with Crippen molar-refractivity contribution in [2.45, 2.75) is 37.2 Å². The molecule has 2 unspecified atom stereocenters. The number of hydrogen-bond acceptors (Lipinski definition) is 13. The number of alkyl halides is 1. The van der Waals surface area contributed by atoms with Crippen LogP contribution in [0, 0.1) is 6.92 Å². The zero-order valence-corrected chi connectivity index (χ0v) is 19.1. The van der Waals surface area contributed by atoms with Crippen LogP contribution in [0.2, 0.25) is 0 Å². The van der Waals surface area contributed by atoms with Crippen LogP contribution in [0.4, 0.5) is 5.82 Å². The summed E-state index contributed by atoms with van der Waals surface area (Å²) in [6, 6.07) is 0. The van der Waals surface area contributed by atoms with Crippen LogP contribution in [0.1, 0.15) is 18.7 Å². The summed E-state index contributed by atoms with van der Waals surface area (Å²) in [4.78, 5) is 53.3. The van der Waals surface area contributed by atoms with Gasteiger partial charge in [-0.3, -0.25) is 13.4 Å². The number of phosphoric acid groups is 3. The first-order chi connectivity index (χ1) is 13.8.